The second-order valence-corrected chi connectivity index (χ2v) is 7.08. The van der Waals surface area contributed by atoms with Gasteiger partial charge in [0.2, 0.25) is 11.7 Å². The van der Waals surface area contributed by atoms with Crippen LogP contribution in [0.2, 0.25) is 0 Å². The summed E-state index contributed by atoms with van der Waals surface area (Å²) in [6, 6.07) is 12.4. The summed E-state index contributed by atoms with van der Waals surface area (Å²) >= 11 is 0. The first kappa shape index (κ1) is 19.2. The van der Waals surface area contributed by atoms with Crippen molar-refractivity contribution in [1.82, 2.24) is 20.4 Å². The monoisotopic (exact) mass is 407 g/mol. The quantitative estimate of drug-likeness (QED) is 0.391. The van der Waals surface area contributed by atoms with E-state index < -0.39 is 22.4 Å². The fourth-order valence-electron chi connectivity index (χ4n) is 3.46. The number of nitrogens with zero attached hydrogens (tertiary/aromatic N) is 4. The molecule has 3 aromatic rings. The summed E-state index contributed by atoms with van der Waals surface area (Å²) in [7, 11) is 0. The maximum atomic E-state index is 13.1. The minimum atomic E-state index is -1.19. The molecule has 0 aliphatic carbocycles. The van der Waals surface area contributed by atoms with Gasteiger partial charge < -0.3 is 9.84 Å². The molecule has 4 rings (SSSR count). The third kappa shape index (κ3) is 3.17. The number of rotatable bonds is 5. The van der Waals surface area contributed by atoms with Gasteiger partial charge in [0.1, 0.15) is 12.1 Å². The Morgan fingerprint density at radius 1 is 1.17 bits per heavy atom. The molecule has 2 aromatic carbocycles. The van der Waals surface area contributed by atoms with Gasteiger partial charge in [-0.25, -0.2) is 4.79 Å². The number of non-ortho nitro benzene ring substituents is 1. The summed E-state index contributed by atoms with van der Waals surface area (Å²) in [5.41, 5.74) is 0.857. The maximum Gasteiger partial charge on any atom is 0.325 e. The van der Waals surface area contributed by atoms with E-state index in [4.69, 9.17) is 4.52 Å². The van der Waals surface area contributed by atoms with Crippen LogP contribution in [0.15, 0.2) is 53.1 Å². The van der Waals surface area contributed by atoms with Crippen molar-refractivity contribution in [1.29, 1.82) is 0 Å². The fraction of sp³-hybridized carbons (Fsp3) is 0.200. The summed E-state index contributed by atoms with van der Waals surface area (Å²) in [5.74, 6) is -0.147. The zero-order valence-corrected chi connectivity index (χ0v) is 16.2. The van der Waals surface area contributed by atoms with Gasteiger partial charge in [0, 0.05) is 17.7 Å². The first-order chi connectivity index (χ1) is 14.3. The minimum Gasteiger partial charge on any atom is -0.337 e. The van der Waals surface area contributed by atoms with Crippen molar-refractivity contribution in [3.63, 3.8) is 0 Å². The summed E-state index contributed by atoms with van der Waals surface area (Å²) in [6.45, 7) is 3.34. The lowest BCUT2D eigenvalue weighted by Gasteiger charge is -2.23. The van der Waals surface area contributed by atoms with Crippen LogP contribution in [-0.4, -0.2) is 31.9 Å². The second-order valence-electron chi connectivity index (χ2n) is 7.08. The Labute approximate surface area is 170 Å². The molecular formula is C20H17N5O5. The number of hydrogen-bond donors (Lipinski definition) is 1. The Morgan fingerprint density at radius 2 is 1.87 bits per heavy atom. The lowest BCUT2D eigenvalue weighted by Crippen LogP contribution is -2.41. The highest BCUT2D eigenvalue weighted by molar-refractivity contribution is 6.07. The molecule has 30 heavy (non-hydrogen) atoms. The smallest absolute Gasteiger partial charge is 0.325 e. The van der Waals surface area contributed by atoms with Gasteiger partial charge in [0.05, 0.1) is 4.92 Å². The van der Waals surface area contributed by atoms with E-state index in [0.29, 0.717) is 11.1 Å². The summed E-state index contributed by atoms with van der Waals surface area (Å²) in [4.78, 5) is 41.1. The van der Waals surface area contributed by atoms with Gasteiger partial charge in [-0.05, 0) is 37.1 Å². The van der Waals surface area contributed by atoms with Crippen molar-refractivity contribution < 1.29 is 19.0 Å². The van der Waals surface area contributed by atoms with Gasteiger partial charge in [-0.15, -0.1) is 0 Å². The lowest BCUT2D eigenvalue weighted by molar-refractivity contribution is -0.384. The van der Waals surface area contributed by atoms with Crippen LogP contribution in [0.1, 0.15) is 23.9 Å². The van der Waals surface area contributed by atoms with Crippen molar-refractivity contribution in [2.45, 2.75) is 25.9 Å². The van der Waals surface area contributed by atoms with Crippen LogP contribution >= 0.6 is 0 Å². The molecular weight excluding hydrogens is 390 g/mol. The minimum absolute atomic E-state index is 0.0581. The van der Waals surface area contributed by atoms with E-state index in [0.717, 1.165) is 10.5 Å². The Kier molecular flexibility index (Phi) is 4.53. The third-order valence-corrected chi connectivity index (χ3v) is 5.06. The average molecular weight is 407 g/mol. The molecule has 1 saturated heterocycles. The molecule has 0 bridgehead atoms. The zero-order chi connectivity index (χ0) is 21.5. The number of amides is 3. The van der Waals surface area contributed by atoms with Crippen molar-refractivity contribution in [3.05, 3.63) is 75.7 Å². The molecule has 2 heterocycles. The number of imide groups is 1. The molecule has 0 radical (unpaired) electrons. The lowest BCUT2D eigenvalue weighted by atomic mass is 9.88. The van der Waals surface area contributed by atoms with Gasteiger partial charge in [-0.3, -0.25) is 19.8 Å². The third-order valence-electron chi connectivity index (χ3n) is 5.06. The largest absolute Gasteiger partial charge is 0.337 e. The number of nitro groups is 1. The van der Waals surface area contributed by atoms with Crippen LogP contribution in [0.4, 0.5) is 10.5 Å². The van der Waals surface area contributed by atoms with Crippen molar-refractivity contribution in [2.75, 3.05) is 0 Å². The van der Waals surface area contributed by atoms with Crippen LogP contribution in [0.3, 0.4) is 0 Å². The van der Waals surface area contributed by atoms with Crippen molar-refractivity contribution >= 4 is 17.6 Å². The summed E-state index contributed by atoms with van der Waals surface area (Å²) in [6.07, 6.45) is 0. The molecule has 1 aromatic heterocycles. The predicted octanol–water partition coefficient (Wildman–Crippen LogP) is 2.92. The molecule has 10 nitrogen and oxygen atoms in total. The van der Waals surface area contributed by atoms with E-state index in [1.165, 1.54) is 24.3 Å². The molecule has 1 atom stereocenters. The molecule has 1 fully saturated rings. The molecule has 1 aliphatic heterocycles. The number of urea groups is 1. The van der Waals surface area contributed by atoms with Gasteiger partial charge in [0.15, 0.2) is 0 Å². The zero-order valence-electron chi connectivity index (χ0n) is 16.2. The van der Waals surface area contributed by atoms with E-state index in [9.17, 15) is 19.7 Å². The maximum absolute atomic E-state index is 13.1. The topological polar surface area (TPSA) is 131 Å². The van der Waals surface area contributed by atoms with E-state index >= 15 is 0 Å². The summed E-state index contributed by atoms with van der Waals surface area (Å²) in [5, 5.41) is 17.3. The number of aryl methyl sites for hydroxylation is 1. The molecule has 0 spiro atoms. The highest BCUT2D eigenvalue weighted by atomic mass is 16.6. The van der Waals surface area contributed by atoms with Crippen LogP contribution in [-0.2, 0) is 16.9 Å². The van der Waals surface area contributed by atoms with Gasteiger partial charge in [-0.1, -0.05) is 29.4 Å². The Hall–Kier alpha value is -4.08. The molecule has 3 amide bonds. The number of nitro benzene ring substituents is 1. The van der Waals surface area contributed by atoms with E-state index in [-0.39, 0.29) is 23.9 Å². The van der Waals surface area contributed by atoms with Crippen LogP contribution in [0.25, 0.3) is 11.4 Å². The molecule has 1 unspecified atom stereocenters. The normalized spacial score (nSPS) is 18.5. The summed E-state index contributed by atoms with van der Waals surface area (Å²) < 4.78 is 5.18. The van der Waals surface area contributed by atoms with E-state index in [1.807, 2.05) is 25.1 Å². The number of hydrogen-bond acceptors (Lipinski definition) is 7. The van der Waals surface area contributed by atoms with Gasteiger partial charge in [0.25, 0.3) is 11.6 Å². The fourth-order valence-corrected chi connectivity index (χ4v) is 3.46. The number of nitrogens with one attached hydrogen (secondary N) is 1. The first-order valence-corrected chi connectivity index (χ1v) is 9.07. The first-order valence-electron chi connectivity index (χ1n) is 9.07. The molecule has 152 valence electrons. The SMILES string of the molecule is Cc1ccccc1C1(C)NC(=O)N(Cc2nc(-c3ccc([N+](=O)[O-])cc3)no2)C1=O. The second kappa shape index (κ2) is 7.07. The van der Waals surface area contributed by atoms with Crippen LogP contribution in [0.5, 0.6) is 0 Å². The molecule has 0 saturated carbocycles. The van der Waals surface area contributed by atoms with Crippen LogP contribution < -0.4 is 5.32 Å². The van der Waals surface area contributed by atoms with Crippen molar-refractivity contribution in [2.24, 2.45) is 0 Å². The highest BCUT2D eigenvalue weighted by Crippen LogP contribution is 2.31. The number of carbonyl (C=O) groups is 2. The Bertz CT molecular complexity index is 1160. The molecule has 1 N–H and O–H groups in total. The molecule has 10 heteroatoms. The predicted molar refractivity (Wildman–Crippen MR) is 104 cm³/mol. The number of aromatic nitrogens is 2. The number of carbonyl (C=O) groups excluding carboxylic acids is 2. The van der Waals surface area contributed by atoms with Crippen LogP contribution in [0, 0.1) is 17.0 Å². The van der Waals surface area contributed by atoms with E-state index in [1.54, 1.807) is 13.0 Å². The van der Waals surface area contributed by atoms with Gasteiger partial charge in [-0.2, -0.15) is 4.98 Å². The average Bonchev–Trinajstić information content (AvgIpc) is 3.28. The van der Waals surface area contributed by atoms with E-state index in [2.05, 4.69) is 15.5 Å². The standard InChI is InChI=1S/C20H17N5O5/c1-12-5-3-4-6-15(12)20(2)18(26)24(19(27)22-20)11-16-21-17(23-30-16)13-7-9-14(10-8-13)25(28)29/h3-10H,11H2,1-2H3,(H,22,27). The number of benzene rings is 2. The Morgan fingerprint density at radius 3 is 2.53 bits per heavy atom. The molecule has 1 aliphatic rings. The van der Waals surface area contributed by atoms with Crippen molar-refractivity contribution in [3.8, 4) is 11.4 Å². The Balaban J connectivity index is 1.55. The highest BCUT2D eigenvalue weighted by Gasteiger charge is 2.49. The van der Waals surface area contributed by atoms with Gasteiger partial charge >= 0.3 is 6.03 Å².